The summed E-state index contributed by atoms with van der Waals surface area (Å²) < 4.78 is 0. The molecule has 2 amide bonds. The van der Waals surface area contributed by atoms with Crippen molar-refractivity contribution in [3.63, 3.8) is 0 Å². The maximum absolute atomic E-state index is 13.6. The van der Waals surface area contributed by atoms with Crippen LogP contribution in [-0.4, -0.2) is 30.7 Å². The van der Waals surface area contributed by atoms with Gasteiger partial charge in [0.05, 0.1) is 21.3 Å². The fraction of sp³-hybridized carbons (Fsp3) is 0.435. The monoisotopic (exact) mass is 510 g/mol. The van der Waals surface area contributed by atoms with Gasteiger partial charge in [-0.3, -0.25) is 25.8 Å². The molecule has 4 N–H and O–H groups in total. The van der Waals surface area contributed by atoms with Crippen LogP contribution in [0.4, 0.5) is 15.5 Å². The molecule has 3 rings (SSSR count). The van der Waals surface area contributed by atoms with Crippen LogP contribution in [0.15, 0.2) is 18.2 Å². The predicted octanol–water partition coefficient (Wildman–Crippen LogP) is 5.89. The number of urea groups is 1. The van der Waals surface area contributed by atoms with E-state index in [-0.39, 0.29) is 28.1 Å². The second-order valence-corrected chi connectivity index (χ2v) is 10.8. The predicted molar refractivity (Wildman–Crippen MR) is 135 cm³/mol. The number of hydrogen-bond acceptors (Lipinski definition) is 6. The Hall–Kier alpha value is -1.97. The number of amides is 2. The smallest absolute Gasteiger partial charge is 0.306 e. The SMILES string of the molecule is CC(=O)c1c(NC(=O)Nc2cccc(Cl)c2Cl)sc(C(C)(C)C)c1C(=O)C1CCCNNC1. The van der Waals surface area contributed by atoms with Gasteiger partial charge in [0.15, 0.2) is 11.6 Å². The zero-order valence-corrected chi connectivity index (χ0v) is 21.4. The maximum Gasteiger partial charge on any atom is 0.324 e. The van der Waals surface area contributed by atoms with Gasteiger partial charge in [0.2, 0.25) is 0 Å². The highest BCUT2D eigenvalue weighted by atomic mass is 35.5. The molecular weight excluding hydrogens is 483 g/mol. The number of benzene rings is 1. The lowest BCUT2D eigenvalue weighted by molar-refractivity contribution is 0.0903. The number of anilines is 2. The van der Waals surface area contributed by atoms with Gasteiger partial charge in [0.25, 0.3) is 0 Å². The van der Waals surface area contributed by atoms with Crippen LogP contribution in [0, 0.1) is 5.92 Å². The number of thiophene rings is 1. The minimum atomic E-state index is -0.581. The first-order chi connectivity index (χ1) is 15.5. The quantitative estimate of drug-likeness (QED) is 0.376. The summed E-state index contributed by atoms with van der Waals surface area (Å²) in [7, 11) is 0. The number of carbonyl (C=O) groups is 3. The van der Waals surface area contributed by atoms with Crippen LogP contribution in [0.25, 0.3) is 0 Å². The molecular formula is C23H28Cl2N4O3S. The van der Waals surface area contributed by atoms with Crippen LogP contribution in [-0.2, 0) is 5.41 Å². The zero-order valence-electron chi connectivity index (χ0n) is 19.0. The molecule has 0 spiro atoms. The third-order valence-corrected chi connectivity index (χ3v) is 7.66. The number of rotatable bonds is 5. The molecule has 1 unspecified atom stereocenters. The molecule has 0 saturated carbocycles. The fourth-order valence-electron chi connectivity index (χ4n) is 3.73. The van der Waals surface area contributed by atoms with Crippen molar-refractivity contribution in [3.8, 4) is 0 Å². The molecule has 2 aromatic rings. The van der Waals surface area contributed by atoms with Crippen LogP contribution in [0.1, 0.15) is 66.1 Å². The molecule has 10 heteroatoms. The number of carbonyl (C=O) groups excluding carboxylic acids is 3. The summed E-state index contributed by atoms with van der Waals surface area (Å²) in [6.07, 6.45) is 1.56. The van der Waals surface area contributed by atoms with Crippen LogP contribution < -0.4 is 21.5 Å². The molecule has 1 aromatic carbocycles. The Morgan fingerprint density at radius 1 is 1.09 bits per heavy atom. The number of hydrogen-bond donors (Lipinski definition) is 4. The summed E-state index contributed by atoms with van der Waals surface area (Å²) in [6, 6.07) is 4.32. The van der Waals surface area contributed by atoms with Gasteiger partial charge in [0, 0.05) is 29.4 Å². The van der Waals surface area contributed by atoms with Gasteiger partial charge in [-0.05, 0) is 37.3 Å². The lowest BCUT2D eigenvalue weighted by Gasteiger charge is -2.21. The minimum Gasteiger partial charge on any atom is -0.306 e. The molecule has 2 heterocycles. The summed E-state index contributed by atoms with van der Waals surface area (Å²) in [5.41, 5.74) is 6.75. The van der Waals surface area contributed by atoms with E-state index in [1.807, 2.05) is 20.8 Å². The van der Waals surface area contributed by atoms with Gasteiger partial charge >= 0.3 is 6.03 Å². The third kappa shape index (κ3) is 5.94. The average Bonchev–Trinajstić information content (AvgIpc) is 2.91. The lowest BCUT2D eigenvalue weighted by Crippen LogP contribution is -2.35. The van der Waals surface area contributed by atoms with Crippen molar-refractivity contribution in [2.75, 3.05) is 23.7 Å². The molecule has 0 aliphatic carbocycles. The van der Waals surface area contributed by atoms with E-state index in [2.05, 4.69) is 21.5 Å². The molecule has 1 aliphatic rings. The van der Waals surface area contributed by atoms with E-state index in [0.717, 1.165) is 17.8 Å². The average molecular weight is 511 g/mol. The summed E-state index contributed by atoms with van der Waals surface area (Å²) >= 11 is 13.5. The first kappa shape index (κ1) is 25.6. The largest absolute Gasteiger partial charge is 0.324 e. The normalized spacial score (nSPS) is 16.7. The van der Waals surface area contributed by atoms with Gasteiger partial charge in [-0.1, -0.05) is 50.0 Å². The fourth-order valence-corrected chi connectivity index (χ4v) is 5.38. The Morgan fingerprint density at radius 3 is 2.48 bits per heavy atom. The molecule has 1 saturated heterocycles. The molecule has 1 atom stereocenters. The molecule has 178 valence electrons. The van der Waals surface area contributed by atoms with E-state index >= 15 is 0 Å². The molecule has 0 bridgehead atoms. The Morgan fingerprint density at radius 2 is 1.82 bits per heavy atom. The number of hydrazine groups is 1. The van der Waals surface area contributed by atoms with E-state index in [1.54, 1.807) is 18.2 Å². The standard InChI is InChI=1S/C23H28Cl2N4O3S/c1-12(30)16-17(19(31)13-7-6-10-26-27-11-13)20(23(2,3)4)33-21(16)29-22(32)28-15-9-5-8-14(24)18(15)25/h5,8-9,13,26-27H,6-7,10-11H2,1-4H3,(H2,28,29,32). The number of ketones is 2. The topological polar surface area (TPSA) is 99.3 Å². The van der Waals surface area contributed by atoms with E-state index in [1.165, 1.54) is 18.3 Å². The zero-order chi connectivity index (χ0) is 24.3. The first-order valence-corrected chi connectivity index (χ1v) is 12.3. The number of Topliss-reactive ketones (excluding diaryl/α,β-unsaturated/α-hetero) is 2. The Kier molecular flexibility index (Phi) is 8.18. The van der Waals surface area contributed by atoms with Crippen LogP contribution in [0.3, 0.4) is 0 Å². The van der Waals surface area contributed by atoms with Gasteiger partial charge in [-0.15, -0.1) is 11.3 Å². The highest BCUT2D eigenvalue weighted by molar-refractivity contribution is 7.17. The third-order valence-electron chi connectivity index (χ3n) is 5.31. The lowest BCUT2D eigenvalue weighted by atomic mass is 9.84. The molecule has 1 aliphatic heterocycles. The highest BCUT2D eigenvalue weighted by Gasteiger charge is 2.35. The molecule has 33 heavy (non-hydrogen) atoms. The van der Waals surface area contributed by atoms with Crippen molar-refractivity contribution in [1.29, 1.82) is 0 Å². The summed E-state index contributed by atoms with van der Waals surface area (Å²) in [5, 5.41) is 6.28. The van der Waals surface area contributed by atoms with Crippen LogP contribution in [0.2, 0.25) is 10.0 Å². The van der Waals surface area contributed by atoms with Crippen molar-refractivity contribution in [1.82, 2.24) is 10.9 Å². The van der Waals surface area contributed by atoms with E-state index in [9.17, 15) is 14.4 Å². The number of nitrogens with one attached hydrogen (secondary N) is 4. The van der Waals surface area contributed by atoms with Crippen molar-refractivity contribution >= 4 is 62.8 Å². The second kappa shape index (κ2) is 10.5. The second-order valence-electron chi connectivity index (χ2n) is 9.01. The Bertz CT molecular complexity index is 1070. The minimum absolute atomic E-state index is 0.0797. The van der Waals surface area contributed by atoms with E-state index in [0.29, 0.717) is 34.2 Å². The maximum atomic E-state index is 13.6. The summed E-state index contributed by atoms with van der Waals surface area (Å²) in [4.78, 5) is 39.9. The van der Waals surface area contributed by atoms with Crippen molar-refractivity contribution in [3.05, 3.63) is 44.2 Å². The van der Waals surface area contributed by atoms with Crippen molar-refractivity contribution in [2.24, 2.45) is 5.92 Å². The summed E-state index contributed by atoms with van der Waals surface area (Å²) in [5.74, 6) is -0.620. The Labute approximate surface area is 207 Å². The van der Waals surface area contributed by atoms with Crippen LogP contribution >= 0.6 is 34.5 Å². The highest BCUT2D eigenvalue weighted by Crippen LogP contribution is 2.42. The number of halogens is 2. The first-order valence-electron chi connectivity index (χ1n) is 10.7. The van der Waals surface area contributed by atoms with Crippen LogP contribution in [0.5, 0.6) is 0 Å². The molecule has 1 aromatic heterocycles. The Balaban J connectivity index is 1.99. The molecule has 1 fully saturated rings. The van der Waals surface area contributed by atoms with Gasteiger partial charge in [-0.25, -0.2) is 4.79 Å². The van der Waals surface area contributed by atoms with Gasteiger partial charge in [0.1, 0.15) is 5.00 Å². The summed E-state index contributed by atoms with van der Waals surface area (Å²) in [6.45, 7) is 8.63. The molecule has 7 nitrogen and oxygen atoms in total. The van der Waals surface area contributed by atoms with Crippen molar-refractivity contribution in [2.45, 2.75) is 46.0 Å². The van der Waals surface area contributed by atoms with E-state index in [4.69, 9.17) is 23.2 Å². The van der Waals surface area contributed by atoms with Crippen molar-refractivity contribution < 1.29 is 14.4 Å². The van der Waals surface area contributed by atoms with Gasteiger partial charge in [-0.2, -0.15) is 0 Å². The van der Waals surface area contributed by atoms with Gasteiger partial charge < -0.3 is 5.32 Å². The van der Waals surface area contributed by atoms with E-state index < -0.39 is 11.4 Å². The molecule has 0 radical (unpaired) electrons.